The number of hydrogen-bond acceptors (Lipinski definition) is 4. The van der Waals surface area contributed by atoms with E-state index in [0.717, 1.165) is 28.0 Å². The molecule has 0 aliphatic heterocycles. The Bertz CT molecular complexity index is 1270. The Morgan fingerprint density at radius 2 is 2.00 bits per heavy atom. The van der Waals surface area contributed by atoms with E-state index in [1.165, 1.54) is 0 Å². The number of carbonyl (C=O) groups excluding carboxylic acids is 1. The zero-order chi connectivity index (χ0) is 23.4. The summed E-state index contributed by atoms with van der Waals surface area (Å²) in [4.78, 5) is 24.3. The fourth-order valence-electron chi connectivity index (χ4n) is 3.70. The third-order valence-electron chi connectivity index (χ3n) is 5.41. The highest BCUT2D eigenvalue weighted by molar-refractivity contribution is 6.42. The van der Waals surface area contributed by atoms with Gasteiger partial charge in [0, 0.05) is 44.4 Å². The standard InChI is InChI=1S/C25H24Cl2N4O2/c1-17-7-9-31-22(25(29-23(31)12-17)19-5-6-20(26)21(27)13-19)14-24(32)30(10-11-33-2)16-18-4-3-8-28-15-18/h3-9,12-13,15H,10-11,14,16H2,1-2H3. The van der Waals surface area contributed by atoms with E-state index in [9.17, 15) is 4.79 Å². The molecule has 8 heteroatoms. The number of methoxy groups -OCH3 is 1. The second-order valence-corrected chi connectivity index (χ2v) is 8.63. The number of rotatable bonds is 8. The van der Waals surface area contributed by atoms with Crippen LogP contribution in [0.5, 0.6) is 0 Å². The first kappa shape index (κ1) is 23.2. The molecule has 6 nitrogen and oxygen atoms in total. The molecule has 0 aliphatic carbocycles. The van der Waals surface area contributed by atoms with E-state index in [2.05, 4.69) is 4.98 Å². The average molecular weight is 483 g/mol. The van der Waals surface area contributed by atoms with E-state index in [-0.39, 0.29) is 12.3 Å². The molecule has 33 heavy (non-hydrogen) atoms. The van der Waals surface area contributed by atoms with Gasteiger partial charge < -0.3 is 14.0 Å². The molecule has 3 heterocycles. The van der Waals surface area contributed by atoms with Crippen LogP contribution in [0.15, 0.2) is 61.1 Å². The minimum atomic E-state index is -0.0282. The van der Waals surface area contributed by atoms with Crippen molar-refractivity contribution >= 4 is 34.8 Å². The van der Waals surface area contributed by atoms with Crippen LogP contribution in [0.3, 0.4) is 0 Å². The van der Waals surface area contributed by atoms with Crippen LogP contribution in [0.4, 0.5) is 0 Å². The lowest BCUT2D eigenvalue weighted by Crippen LogP contribution is -2.35. The fourth-order valence-corrected chi connectivity index (χ4v) is 4.00. The fraction of sp³-hybridized carbons (Fsp3) is 0.240. The first-order chi connectivity index (χ1) is 16.0. The predicted octanol–water partition coefficient (Wildman–Crippen LogP) is 5.23. The van der Waals surface area contributed by atoms with Gasteiger partial charge >= 0.3 is 0 Å². The SMILES string of the molecule is COCCN(Cc1cccnc1)C(=O)Cc1c(-c2ccc(Cl)c(Cl)c2)nc2cc(C)ccn12. The van der Waals surface area contributed by atoms with Gasteiger partial charge in [0.05, 0.1) is 34.5 Å². The Kier molecular flexibility index (Phi) is 7.28. The number of halogens is 2. The molecule has 0 bridgehead atoms. The summed E-state index contributed by atoms with van der Waals surface area (Å²) in [6.45, 7) is 3.38. The maximum absolute atomic E-state index is 13.5. The number of amides is 1. The van der Waals surface area contributed by atoms with E-state index in [1.54, 1.807) is 36.5 Å². The summed E-state index contributed by atoms with van der Waals surface area (Å²) in [5, 5.41) is 0.915. The molecule has 1 aromatic carbocycles. The predicted molar refractivity (Wildman–Crippen MR) is 131 cm³/mol. The van der Waals surface area contributed by atoms with Gasteiger partial charge in [0.25, 0.3) is 0 Å². The highest BCUT2D eigenvalue weighted by Crippen LogP contribution is 2.31. The molecular formula is C25H24Cl2N4O2. The lowest BCUT2D eigenvalue weighted by Gasteiger charge is -2.22. The number of carbonyl (C=O) groups is 1. The summed E-state index contributed by atoms with van der Waals surface area (Å²) >= 11 is 12.4. The molecule has 0 spiro atoms. The molecule has 0 atom stereocenters. The van der Waals surface area contributed by atoms with Gasteiger partial charge in [0.1, 0.15) is 5.65 Å². The molecule has 1 amide bonds. The van der Waals surface area contributed by atoms with Crippen molar-refractivity contribution in [3.63, 3.8) is 0 Å². The highest BCUT2D eigenvalue weighted by atomic mass is 35.5. The number of benzene rings is 1. The molecular weight excluding hydrogens is 459 g/mol. The minimum Gasteiger partial charge on any atom is -0.383 e. The molecule has 4 rings (SSSR count). The number of aromatic nitrogens is 3. The van der Waals surface area contributed by atoms with Crippen molar-refractivity contribution in [2.75, 3.05) is 20.3 Å². The van der Waals surface area contributed by atoms with E-state index < -0.39 is 0 Å². The second-order valence-electron chi connectivity index (χ2n) is 7.81. The molecule has 0 aliphatic rings. The van der Waals surface area contributed by atoms with E-state index >= 15 is 0 Å². The summed E-state index contributed by atoms with van der Waals surface area (Å²) in [5.74, 6) is -0.0282. The highest BCUT2D eigenvalue weighted by Gasteiger charge is 2.21. The van der Waals surface area contributed by atoms with Gasteiger partial charge in [-0.2, -0.15) is 0 Å². The summed E-state index contributed by atoms with van der Waals surface area (Å²) in [5.41, 5.74) is 5.13. The largest absolute Gasteiger partial charge is 0.383 e. The van der Waals surface area contributed by atoms with Crippen LogP contribution in [-0.4, -0.2) is 45.4 Å². The lowest BCUT2D eigenvalue weighted by atomic mass is 10.1. The van der Waals surface area contributed by atoms with Gasteiger partial charge in [-0.1, -0.05) is 35.3 Å². The normalized spacial score (nSPS) is 11.2. The summed E-state index contributed by atoms with van der Waals surface area (Å²) in [7, 11) is 1.63. The van der Waals surface area contributed by atoms with Gasteiger partial charge in [-0.25, -0.2) is 4.98 Å². The smallest absolute Gasteiger partial charge is 0.228 e. The molecule has 4 aromatic rings. The number of aryl methyl sites for hydroxylation is 1. The van der Waals surface area contributed by atoms with Crippen molar-refractivity contribution in [2.45, 2.75) is 19.9 Å². The molecule has 0 N–H and O–H groups in total. The zero-order valence-corrected chi connectivity index (χ0v) is 20.0. The van der Waals surface area contributed by atoms with E-state index in [0.29, 0.717) is 35.4 Å². The van der Waals surface area contributed by atoms with Gasteiger partial charge in [-0.15, -0.1) is 0 Å². The quantitative estimate of drug-likeness (QED) is 0.345. The van der Waals surface area contributed by atoms with Gasteiger partial charge in [-0.05, 0) is 48.4 Å². The topological polar surface area (TPSA) is 59.7 Å². The molecule has 0 saturated heterocycles. The number of fused-ring (bicyclic) bond motifs is 1. The average Bonchev–Trinajstić information content (AvgIpc) is 3.16. The van der Waals surface area contributed by atoms with E-state index in [1.807, 2.05) is 47.9 Å². The van der Waals surface area contributed by atoms with Crippen LogP contribution >= 0.6 is 23.2 Å². The molecule has 3 aromatic heterocycles. The maximum Gasteiger partial charge on any atom is 0.228 e. The summed E-state index contributed by atoms with van der Waals surface area (Å²) in [6.07, 6.45) is 5.60. The van der Waals surface area contributed by atoms with Crippen LogP contribution in [0.2, 0.25) is 10.0 Å². The first-order valence-corrected chi connectivity index (χ1v) is 11.3. The maximum atomic E-state index is 13.5. The van der Waals surface area contributed by atoms with Gasteiger partial charge in [0.2, 0.25) is 5.91 Å². The minimum absolute atomic E-state index is 0.0282. The van der Waals surface area contributed by atoms with Crippen molar-refractivity contribution in [3.8, 4) is 11.3 Å². The third kappa shape index (κ3) is 5.36. The van der Waals surface area contributed by atoms with Crippen molar-refractivity contribution in [1.82, 2.24) is 19.3 Å². The number of nitrogens with zero attached hydrogens (tertiary/aromatic N) is 4. The first-order valence-electron chi connectivity index (χ1n) is 10.5. The van der Waals surface area contributed by atoms with Gasteiger partial charge in [0.15, 0.2) is 0 Å². The van der Waals surface area contributed by atoms with Crippen molar-refractivity contribution < 1.29 is 9.53 Å². The van der Waals surface area contributed by atoms with E-state index in [4.69, 9.17) is 32.9 Å². The number of imidazole rings is 1. The van der Waals surface area contributed by atoms with Gasteiger partial charge in [-0.3, -0.25) is 9.78 Å². The van der Waals surface area contributed by atoms with Crippen molar-refractivity contribution in [1.29, 1.82) is 0 Å². The monoisotopic (exact) mass is 482 g/mol. The van der Waals surface area contributed by atoms with Crippen LogP contribution in [0.1, 0.15) is 16.8 Å². The zero-order valence-electron chi connectivity index (χ0n) is 18.5. The van der Waals surface area contributed by atoms with Crippen LogP contribution in [0, 0.1) is 6.92 Å². The number of ether oxygens (including phenoxy) is 1. The van der Waals surface area contributed by atoms with Crippen LogP contribution in [-0.2, 0) is 22.5 Å². The molecule has 0 unspecified atom stereocenters. The molecule has 0 fully saturated rings. The van der Waals surface area contributed by atoms with Crippen molar-refractivity contribution in [3.05, 3.63) is 87.9 Å². The Labute approximate surface area is 202 Å². The van der Waals surface area contributed by atoms with Crippen LogP contribution in [0.25, 0.3) is 16.9 Å². The Hall–Kier alpha value is -2.93. The van der Waals surface area contributed by atoms with Crippen molar-refractivity contribution in [2.24, 2.45) is 0 Å². The number of pyridine rings is 2. The Morgan fingerprint density at radius 3 is 2.73 bits per heavy atom. The number of hydrogen-bond donors (Lipinski definition) is 0. The Morgan fingerprint density at radius 1 is 1.15 bits per heavy atom. The van der Waals surface area contributed by atoms with Crippen LogP contribution < -0.4 is 0 Å². The second kappa shape index (κ2) is 10.3. The molecule has 0 saturated carbocycles. The third-order valence-corrected chi connectivity index (χ3v) is 6.15. The summed E-state index contributed by atoms with van der Waals surface area (Å²) < 4.78 is 7.20. The Balaban J connectivity index is 1.72. The molecule has 0 radical (unpaired) electrons. The molecule has 170 valence electrons. The summed E-state index contributed by atoms with van der Waals surface area (Å²) in [6, 6.07) is 13.2. The lowest BCUT2D eigenvalue weighted by molar-refractivity contribution is -0.131.